The van der Waals surface area contributed by atoms with Crippen LogP contribution in [0.4, 0.5) is 0 Å². The largest absolute Gasteiger partial charge is 0.480 e. The van der Waals surface area contributed by atoms with Gasteiger partial charge in [0.15, 0.2) is 0 Å². The smallest absolute Gasteiger partial charge is 0.326 e. The zero-order valence-electron chi connectivity index (χ0n) is 12.4. The van der Waals surface area contributed by atoms with Gasteiger partial charge in [-0.25, -0.2) is 4.79 Å². The molecule has 2 N–H and O–H groups in total. The summed E-state index contributed by atoms with van der Waals surface area (Å²) in [7, 11) is 0. The van der Waals surface area contributed by atoms with E-state index < -0.39 is 12.0 Å². The standard InChI is InChI=1S/C16H21NO4/c1-10-3-4-12(7-11(10)2)8-14(16(19)20)17-15(18)13-5-6-21-9-13/h3-4,7,13-14H,5-6,8-9H2,1-2H3,(H,17,18)(H,19,20)/t13-,14+/m1/s1. The Labute approximate surface area is 124 Å². The van der Waals surface area contributed by atoms with E-state index in [0.717, 1.165) is 16.7 Å². The van der Waals surface area contributed by atoms with E-state index in [4.69, 9.17) is 4.74 Å². The number of aryl methyl sites for hydroxylation is 2. The number of carboxylic acid groups (broad SMARTS) is 1. The van der Waals surface area contributed by atoms with Crippen LogP contribution in [-0.4, -0.2) is 36.2 Å². The summed E-state index contributed by atoms with van der Waals surface area (Å²) in [5.41, 5.74) is 3.19. The van der Waals surface area contributed by atoms with Crippen molar-refractivity contribution in [3.05, 3.63) is 34.9 Å². The Bertz CT molecular complexity index is 535. The van der Waals surface area contributed by atoms with Gasteiger partial charge in [0.2, 0.25) is 5.91 Å². The molecular weight excluding hydrogens is 270 g/mol. The summed E-state index contributed by atoms with van der Waals surface area (Å²) in [4.78, 5) is 23.4. The molecule has 0 aliphatic carbocycles. The van der Waals surface area contributed by atoms with Crippen molar-refractivity contribution in [1.82, 2.24) is 5.32 Å². The minimum atomic E-state index is -1.01. The molecule has 0 radical (unpaired) electrons. The lowest BCUT2D eigenvalue weighted by atomic mass is 10.00. The number of ether oxygens (including phenoxy) is 1. The molecule has 1 aliphatic heterocycles. The van der Waals surface area contributed by atoms with Crippen molar-refractivity contribution >= 4 is 11.9 Å². The zero-order valence-corrected chi connectivity index (χ0v) is 12.4. The average molecular weight is 291 g/mol. The van der Waals surface area contributed by atoms with Crippen LogP contribution in [0.2, 0.25) is 0 Å². The van der Waals surface area contributed by atoms with Gasteiger partial charge in [-0.3, -0.25) is 4.79 Å². The van der Waals surface area contributed by atoms with Crippen LogP contribution in [0.5, 0.6) is 0 Å². The number of carbonyl (C=O) groups excluding carboxylic acids is 1. The highest BCUT2D eigenvalue weighted by atomic mass is 16.5. The Morgan fingerprint density at radius 2 is 2.14 bits per heavy atom. The predicted molar refractivity (Wildman–Crippen MR) is 78.1 cm³/mol. The molecule has 0 aromatic heterocycles. The molecular formula is C16H21NO4. The second kappa shape index (κ2) is 6.72. The lowest BCUT2D eigenvalue weighted by Crippen LogP contribution is -2.45. The number of rotatable bonds is 5. The predicted octanol–water partition coefficient (Wildman–Crippen LogP) is 1.45. The Balaban J connectivity index is 2.03. The molecule has 0 spiro atoms. The molecule has 1 aliphatic rings. The maximum Gasteiger partial charge on any atom is 0.326 e. The highest BCUT2D eigenvalue weighted by Gasteiger charge is 2.28. The quantitative estimate of drug-likeness (QED) is 0.861. The first-order valence-electron chi connectivity index (χ1n) is 7.14. The Hall–Kier alpha value is -1.88. The molecule has 114 valence electrons. The molecule has 1 fully saturated rings. The van der Waals surface area contributed by atoms with Crippen LogP contribution in [0.15, 0.2) is 18.2 Å². The summed E-state index contributed by atoms with van der Waals surface area (Å²) in [5, 5.41) is 11.9. The topological polar surface area (TPSA) is 75.6 Å². The Morgan fingerprint density at radius 1 is 1.38 bits per heavy atom. The third kappa shape index (κ3) is 4.04. The number of nitrogens with one attached hydrogen (secondary N) is 1. The second-order valence-corrected chi connectivity index (χ2v) is 5.58. The van der Waals surface area contributed by atoms with Crippen LogP contribution >= 0.6 is 0 Å². The molecule has 2 rings (SSSR count). The highest BCUT2D eigenvalue weighted by molar-refractivity contribution is 5.85. The fourth-order valence-corrected chi connectivity index (χ4v) is 2.40. The molecule has 0 bridgehead atoms. The van der Waals surface area contributed by atoms with E-state index >= 15 is 0 Å². The van der Waals surface area contributed by atoms with E-state index in [0.29, 0.717) is 19.6 Å². The number of aliphatic carboxylic acids is 1. The molecule has 21 heavy (non-hydrogen) atoms. The lowest BCUT2D eigenvalue weighted by molar-refractivity contribution is -0.142. The number of carboxylic acids is 1. The van der Waals surface area contributed by atoms with E-state index in [9.17, 15) is 14.7 Å². The average Bonchev–Trinajstić information content (AvgIpc) is 2.96. The van der Waals surface area contributed by atoms with Gasteiger partial charge in [-0.05, 0) is 37.0 Å². The van der Waals surface area contributed by atoms with Crippen molar-refractivity contribution in [2.45, 2.75) is 32.7 Å². The van der Waals surface area contributed by atoms with Crippen LogP contribution < -0.4 is 5.32 Å². The monoisotopic (exact) mass is 291 g/mol. The fraction of sp³-hybridized carbons (Fsp3) is 0.500. The summed E-state index contributed by atoms with van der Waals surface area (Å²) in [6.45, 7) is 4.94. The Kier molecular flexibility index (Phi) is 4.96. The van der Waals surface area contributed by atoms with E-state index in [1.165, 1.54) is 0 Å². The molecule has 1 amide bonds. The molecule has 0 unspecified atom stereocenters. The van der Waals surface area contributed by atoms with Crippen molar-refractivity contribution in [1.29, 1.82) is 0 Å². The summed E-state index contributed by atoms with van der Waals surface area (Å²) in [5.74, 6) is -1.48. The number of benzene rings is 1. The summed E-state index contributed by atoms with van der Waals surface area (Å²) < 4.78 is 5.16. The van der Waals surface area contributed by atoms with Gasteiger partial charge < -0.3 is 15.2 Å². The Morgan fingerprint density at radius 3 is 2.71 bits per heavy atom. The van der Waals surface area contributed by atoms with Crippen LogP contribution in [0.1, 0.15) is 23.1 Å². The summed E-state index contributed by atoms with van der Waals surface area (Å²) >= 11 is 0. The molecule has 0 saturated carbocycles. The van der Waals surface area contributed by atoms with Gasteiger partial charge in [-0.15, -0.1) is 0 Å². The SMILES string of the molecule is Cc1ccc(C[C@H](NC(=O)[C@@H]2CCOC2)C(=O)O)cc1C. The number of carbonyl (C=O) groups is 2. The van der Waals surface area contributed by atoms with Crippen LogP contribution in [0, 0.1) is 19.8 Å². The van der Waals surface area contributed by atoms with Gasteiger partial charge in [0.25, 0.3) is 0 Å². The van der Waals surface area contributed by atoms with Gasteiger partial charge >= 0.3 is 5.97 Å². The van der Waals surface area contributed by atoms with Crippen molar-refractivity contribution in [3.63, 3.8) is 0 Å². The first-order valence-corrected chi connectivity index (χ1v) is 7.14. The molecule has 1 heterocycles. The van der Waals surface area contributed by atoms with Crippen molar-refractivity contribution in [3.8, 4) is 0 Å². The molecule has 5 heteroatoms. The van der Waals surface area contributed by atoms with Crippen molar-refractivity contribution in [2.24, 2.45) is 5.92 Å². The van der Waals surface area contributed by atoms with Crippen LogP contribution in [0.3, 0.4) is 0 Å². The van der Waals surface area contributed by atoms with Gasteiger partial charge in [-0.1, -0.05) is 18.2 Å². The highest BCUT2D eigenvalue weighted by Crippen LogP contribution is 2.14. The maximum absolute atomic E-state index is 12.0. The third-order valence-corrected chi connectivity index (χ3v) is 3.93. The molecule has 1 aromatic carbocycles. The summed E-state index contributed by atoms with van der Waals surface area (Å²) in [6.07, 6.45) is 0.942. The minimum Gasteiger partial charge on any atom is -0.480 e. The third-order valence-electron chi connectivity index (χ3n) is 3.93. The first-order chi connectivity index (χ1) is 9.97. The van der Waals surface area contributed by atoms with Gasteiger partial charge in [0.05, 0.1) is 12.5 Å². The maximum atomic E-state index is 12.0. The van der Waals surface area contributed by atoms with E-state index in [1.54, 1.807) is 0 Å². The van der Waals surface area contributed by atoms with Gasteiger partial charge in [0, 0.05) is 13.0 Å². The molecule has 1 aromatic rings. The molecule has 5 nitrogen and oxygen atoms in total. The van der Waals surface area contributed by atoms with E-state index in [-0.39, 0.29) is 18.2 Å². The fourth-order valence-electron chi connectivity index (χ4n) is 2.40. The molecule has 2 atom stereocenters. The normalized spacial score (nSPS) is 19.2. The van der Waals surface area contributed by atoms with Crippen LogP contribution in [0.25, 0.3) is 0 Å². The lowest BCUT2D eigenvalue weighted by Gasteiger charge is -2.17. The number of amides is 1. The van der Waals surface area contributed by atoms with E-state index in [2.05, 4.69) is 5.32 Å². The van der Waals surface area contributed by atoms with Crippen LogP contribution in [-0.2, 0) is 20.7 Å². The minimum absolute atomic E-state index is 0.230. The zero-order chi connectivity index (χ0) is 15.4. The number of hydrogen-bond acceptors (Lipinski definition) is 3. The molecule has 1 saturated heterocycles. The van der Waals surface area contributed by atoms with Gasteiger partial charge in [-0.2, -0.15) is 0 Å². The van der Waals surface area contributed by atoms with Crippen molar-refractivity contribution < 1.29 is 19.4 Å². The number of hydrogen-bond donors (Lipinski definition) is 2. The first kappa shape index (κ1) is 15.5. The van der Waals surface area contributed by atoms with Crippen molar-refractivity contribution in [2.75, 3.05) is 13.2 Å². The van der Waals surface area contributed by atoms with E-state index in [1.807, 2.05) is 32.0 Å². The summed E-state index contributed by atoms with van der Waals surface area (Å²) in [6, 6.07) is 4.94. The van der Waals surface area contributed by atoms with Gasteiger partial charge in [0.1, 0.15) is 6.04 Å². The second-order valence-electron chi connectivity index (χ2n) is 5.58.